The standard InChI is InChI=1S/C11H10O4/c1-3-6-15-10-7-8(14-2)4-5-9(10)11(12)13/h1,4-5,7H,6H2,2H3,(H,12,13). The Bertz CT molecular complexity index is 404. The summed E-state index contributed by atoms with van der Waals surface area (Å²) in [6.45, 7) is 0.0213. The zero-order valence-electron chi connectivity index (χ0n) is 8.19. The van der Waals surface area contributed by atoms with E-state index in [1.165, 1.54) is 19.2 Å². The summed E-state index contributed by atoms with van der Waals surface area (Å²) in [5.41, 5.74) is 0.0612. The molecule has 0 radical (unpaired) electrons. The minimum atomic E-state index is -1.07. The quantitative estimate of drug-likeness (QED) is 0.756. The Labute approximate surface area is 87.4 Å². The Kier molecular flexibility index (Phi) is 3.58. The average molecular weight is 206 g/mol. The van der Waals surface area contributed by atoms with E-state index in [1.54, 1.807) is 6.07 Å². The number of terminal acetylenes is 1. The number of ether oxygens (including phenoxy) is 2. The van der Waals surface area contributed by atoms with Gasteiger partial charge in [0.2, 0.25) is 0 Å². The van der Waals surface area contributed by atoms with Gasteiger partial charge in [-0.3, -0.25) is 0 Å². The van der Waals surface area contributed by atoms with Gasteiger partial charge in [0.05, 0.1) is 7.11 Å². The second-order valence-corrected chi connectivity index (χ2v) is 2.66. The fourth-order valence-corrected chi connectivity index (χ4v) is 1.05. The number of methoxy groups -OCH3 is 1. The highest BCUT2D eigenvalue weighted by Gasteiger charge is 2.11. The van der Waals surface area contributed by atoms with Gasteiger partial charge in [0.1, 0.15) is 23.7 Å². The van der Waals surface area contributed by atoms with E-state index in [9.17, 15) is 4.79 Å². The summed E-state index contributed by atoms with van der Waals surface area (Å²) in [6, 6.07) is 4.44. The summed E-state index contributed by atoms with van der Waals surface area (Å²) < 4.78 is 10.0. The molecule has 0 aliphatic heterocycles. The molecule has 15 heavy (non-hydrogen) atoms. The lowest BCUT2D eigenvalue weighted by Gasteiger charge is -2.08. The monoisotopic (exact) mass is 206 g/mol. The maximum atomic E-state index is 10.8. The molecule has 4 heteroatoms. The van der Waals surface area contributed by atoms with Crippen LogP contribution in [0.2, 0.25) is 0 Å². The lowest BCUT2D eigenvalue weighted by atomic mass is 10.2. The molecule has 0 bridgehead atoms. The van der Waals surface area contributed by atoms with Crippen molar-refractivity contribution < 1.29 is 19.4 Å². The van der Waals surface area contributed by atoms with Gasteiger partial charge in [0, 0.05) is 6.07 Å². The second kappa shape index (κ2) is 4.91. The molecule has 0 aromatic heterocycles. The number of carboxylic acids is 1. The lowest BCUT2D eigenvalue weighted by Crippen LogP contribution is -2.03. The normalized spacial score (nSPS) is 9.07. The summed E-state index contributed by atoms with van der Waals surface area (Å²) >= 11 is 0. The molecule has 1 aromatic rings. The molecule has 0 heterocycles. The van der Waals surface area contributed by atoms with Crippen molar-refractivity contribution >= 4 is 5.97 Å². The number of benzene rings is 1. The highest BCUT2D eigenvalue weighted by molar-refractivity contribution is 5.91. The van der Waals surface area contributed by atoms with E-state index in [1.807, 2.05) is 0 Å². The van der Waals surface area contributed by atoms with Gasteiger partial charge in [-0.2, -0.15) is 0 Å². The van der Waals surface area contributed by atoms with E-state index in [4.69, 9.17) is 21.0 Å². The zero-order chi connectivity index (χ0) is 11.3. The van der Waals surface area contributed by atoms with Crippen molar-refractivity contribution in [2.75, 3.05) is 13.7 Å². The Morgan fingerprint density at radius 2 is 2.33 bits per heavy atom. The first-order chi connectivity index (χ1) is 7.19. The smallest absolute Gasteiger partial charge is 0.339 e. The van der Waals surface area contributed by atoms with E-state index < -0.39 is 5.97 Å². The van der Waals surface area contributed by atoms with Crippen LogP contribution in [0.4, 0.5) is 0 Å². The van der Waals surface area contributed by atoms with Crippen LogP contribution in [-0.2, 0) is 0 Å². The summed E-state index contributed by atoms with van der Waals surface area (Å²) in [5, 5.41) is 8.86. The summed E-state index contributed by atoms with van der Waals surface area (Å²) in [6.07, 6.45) is 5.02. The van der Waals surface area contributed by atoms with Crippen LogP contribution >= 0.6 is 0 Å². The van der Waals surface area contributed by atoms with Gasteiger partial charge in [0.25, 0.3) is 0 Å². The van der Waals surface area contributed by atoms with Crippen molar-refractivity contribution in [2.45, 2.75) is 0 Å². The summed E-state index contributed by atoms with van der Waals surface area (Å²) in [7, 11) is 1.49. The zero-order valence-corrected chi connectivity index (χ0v) is 8.19. The number of hydrogen-bond donors (Lipinski definition) is 1. The SMILES string of the molecule is C#CCOc1cc(OC)ccc1C(=O)O. The average Bonchev–Trinajstić information content (AvgIpc) is 2.25. The van der Waals surface area contributed by atoms with Crippen molar-refractivity contribution in [3.05, 3.63) is 23.8 Å². The Hall–Kier alpha value is -2.15. The number of aromatic carboxylic acids is 1. The van der Waals surface area contributed by atoms with Crippen molar-refractivity contribution in [3.8, 4) is 23.8 Å². The Morgan fingerprint density at radius 3 is 2.87 bits per heavy atom. The second-order valence-electron chi connectivity index (χ2n) is 2.66. The van der Waals surface area contributed by atoms with Gasteiger partial charge >= 0.3 is 5.97 Å². The highest BCUT2D eigenvalue weighted by atomic mass is 16.5. The molecule has 0 saturated carbocycles. The molecule has 4 nitrogen and oxygen atoms in total. The van der Waals surface area contributed by atoms with Gasteiger partial charge in [-0.15, -0.1) is 6.42 Å². The highest BCUT2D eigenvalue weighted by Crippen LogP contribution is 2.24. The predicted molar refractivity (Wildman–Crippen MR) is 54.3 cm³/mol. The van der Waals surface area contributed by atoms with Gasteiger partial charge in [0.15, 0.2) is 0 Å². The van der Waals surface area contributed by atoms with Crippen LogP contribution in [0.25, 0.3) is 0 Å². The molecule has 0 spiro atoms. The van der Waals surface area contributed by atoms with E-state index in [0.717, 1.165) is 0 Å². The molecule has 0 atom stereocenters. The van der Waals surface area contributed by atoms with E-state index in [-0.39, 0.29) is 17.9 Å². The molecule has 0 aliphatic carbocycles. The predicted octanol–water partition coefficient (Wildman–Crippen LogP) is 1.41. The number of rotatable bonds is 4. The molecule has 1 aromatic carbocycles. The Morgan fingerprint density at radius 1 is 1.60 bits per heavy atom. The van der Waals surface area contributed by atoms with Crippen LogP contribution in [0, 0.1) is 12.3 Å². The summed E-state index contributed by atoms with van der Waals surface area (Å²) in [4.78, 5) is 10.8. The topological polar surface area (TPSA) is 55.8 Å². The molecule has 0 amide bonds. The maximum Gasteiger partial charge on any atom is 0.339 e. The van der Waals surface area contributed by atoms with Gasteiger partial charge in [-0.25, -0.2) is 4.79 Å². The molecular formula is C11H10O4. The maximum absolute atomic E-state index is 10.8. The first-order valence-electron chi connectivity index (χ1n) is 4.16. The van der Waals surface area contributed by atoms with Crippen molar-refractivity contribution in [3.63, 3.8) is 0 Å². The van der Waals surface area contributed by atoms with Crippen molar-refractivity contribution in [2.24, 2.45) is 0 Å². The third kappa shape index (κ3) is 2.64. The third-order valence-electron chi connectivity index (χ3n) is 1.73. The molecule has 0 unspecified atom stereocenters. The number of carboxylic acid groups (broad SMARTS) is 1. The van der Waals surface area contributed by atoms with Crippen LogP contribution in [0.1, 0.15) is 10.4 Å². The largest absolute Gasteiger partial charge is 0.497 e. The van der Waals surface area contributed by atoms with E-state index in [0.29, 0.717) is 5.75 Å². The van der Waals surface area contributed by atoms with Crippen molar-refractivity contribution in [1.82, 2.24) is 0 Å². The fourth-order valence-electron chi connectivity index (χ4n) is 1.05. The van der Waals surface area contributed by atoms with Crippen LogP contribution in [0.3, 0.4) is 0 Å². The number of carbonyl (C=O) groups is 1. The molecule has 78 valence electrons. The lowest BCUT2D eigenvalue weighted by molar-refractivity contribution is 0.0693. The minimum Gasteiger partial charge on any atom is -0.497 e. The van der Waals surface area contributed by atoms with Crippen LogP contribution < -0.4 is 9.47 Å². The molecule has 1 N–H and O–H groups in total. The van der Waals surface area contributed by atoms with Crippen LogP contribution in [0.5, 0.6) is 11.5 Å². The van der Waals surface area contributed by atoms with Crippen LogP contribution in [-0.4, -0.2) is 24.8 Å². The van der Waals surface area contributed by atoms with Gasteiger partial charge in [-0.05, 0) is 12.1 Å². The van der Waals surface area contributed by atoms with Gasteiger partial charge < -0.3 is 14.6 Å². The van der Waals surface area contributed by atoms with Crippen LogP contribution in [0.15, 0.2) is 18.2 Å². The fraction of sp³-hybridized carbons (Fsp3) is 0.182. The van der Waals surface area contributed by atoms with Gasteiger partial charge in [-0.1, -0.05) is 5.92 Å². The van der Waals surface area contributed by atoms with E-state index in [2.05, 4.69) is 5.92 Å². The first kappa shape index (κ1) is 10.9. The minimum absolute atomic E-state index is 0.0213. The molecule has 0 fully saturated rings. The third-order valence-corrected chi connectivity index (χ3v) is 1.73. The number of hydrogen-bond acceptors (Lipinski definition) is 3. The Balaban J connectivity index is 3.06. The molecule has 1 rings (SSSR count). The first-order valence-corrected chi connectivity index (χ1v) is 4.16. The summed E-state index contributed by atoms with van der Waals surface area (Å²) in [5.74, 6) is 1.93. The molecule has 0 aliphatic rings. The van der Waals surface area contributed by atoms with Crippen molar-refractivity contribution in [1.29, 1.82) is 0 Å². The van der Waals surface area contributed by atoms with E-state index >= 15 is 0 Å². The molecule has 0 saturated heterocycles. The molecular weight excluding hydrogens is 196 g/mol.